The first-order valence-corrected chi connectivity index (χ1v) is 4.79. The van der Waals surface area contributed by atoms with Crippen LogP contribution in [0.4, 0.5) is 5.69 Å². The molecule has 0 spiro atoms. The van der Waals surface area contributed by atoms with Gasteiger partial charge in [0.25, 0.3) is 0 Å². The Morgan fingerprint density at radius 1 is 1.60 bits per heavy atom. The summed E-state index contributed by atoms with van der Waals surface area (Å²) in [6.07, 6.45) is -0.551. The molecule has 0 saturated heterocycles. The topological polar surface area (TPSA) is 47.6 Å². The molecule has 1 atom stereocenters. The Labute approximate surface area is 88.2 Å². The second-order valence-electron chi connectivity index (χ2n) is 3.51. The second kappa shape index (κ2) is 3.81. The number of hydrogen-bond donors (Lipinski definition) is 1. The number of fused-ring (bicyclic) bond motifs is 1. The van der Waals surface area contributed by atoms with Gasteiger partial charge in [0.2, 0.25) is 6.10 Å². The molecular weight excluding hydrogens is 194 g/mol. The third kappa shape index (κ3) is 1.88. The summed E-state index contributed by atoms with van der Waals surface area (Å²) in [6.45, 7) is 2.46. The summed E-state index contributed by atoms with van der Waals surface area (Å²) in [5.74, 6) is 0.343. The van der Waals surface area contributed by atoms with E-state index in [2.05, 4.69) is 10.1 Å². The zero-order valence-corrected chi connectivity index (χ0v) is 8.74. The van der Waals surface area contributed by atoms with Crippen LogP contribution in [0.5, 0.6) is 5.75 Å². The van der Waals surface area contributed by atoms with Gasteiger partial charge in [-0.05, 0) is 24.6 Å². The third-order valence-electron chi connectivity index (χ3n) is 2.35. The van der Waals surface area contributed by atoms with Crippen molar-refractivity contribution in [3.8, 4) is 5.75 Å². The van der Waals surface area contributed by atoms with Crippen molar-refractivity contribution in [2.75, 3.05) is 19.0 Å². The van der Waals surface area contributed by atoms with Crippen molar-refractivity contribution < 1.29 is 14.3 Å². The summed E-state index contributed by atoms with van der Waals surface area (Å²) < 4.78 is 10.1. The summed E-state index contributed by atoms with van der Waals surface area (Å²) in [5, 5.41) is 3.14. The number of aryl methyl sites for hydroxylation is 1. The number of carbonyl (C=O) groups is 1. The molecule has 0 aliphatic carbocycles. The van der Waals surface area contributed by atoms with Gasteiger partial charge in [-0.1, -0.05) is 6.07 Å². The van der Waals surface area contributed by atoms with Crippen molar-refractivity contribution in [1.82, 2.24) is 0 Å². The summed E-state index contributed by atoms with van der Waals surface area (Å²) in [6, 6.07) is 5.79. The Kier molecular flexibility index (Phi) is 2.49. The van der Waals surface area contributed by atoms with Crippen LogP contribution in [0.3, 0.4) is 0 Å². The van der Waals surface area contributed by atoms with E-state index in [0.717, 1.165) is 11.3 Å². The van der Waals surface area contributed by atoms with Gasteiger partial charge in [-0.3, -0.25) is 0 Å². The summed E-state index contributed by atoms with van der Waals surface area (Å²) in [7, 11) is 1.36. The number of hydrogen-bond acceptors (Lipinski definition) is 4. The van der Waals surface area contributed by atoms with E-state index >= 15 is 0 Å². The molecule has 1 N–H and O–H groups in total. The lowest BCUT2D eigenvalue weighted by Gasteiger charge is -2.25. The maximum Gasteiger partial charge on any atom is 0.348 e. The number of esters is 1. The van der Waals surface area contributed by atoms with E-state index in [9.17, 15) is 4.79 Å². The lowest BCUT2D eigenvalue weighted by Crippen LogP contribution is -2.38. The molecule has 15 heavy (non-hydrogen) atoms. The Morgan fingerprint density at radius 3 is 3.13 bits per heavy atom. The molecule has 1 aliphatic rings. The summed E-state index contributed by atoms with van der Waals surface area (Å²) >= 11 is 0. The SMILES string of the molecule is COC(=O)C1CNc2cc(C)ccc2O1. The fourth-order valence-corrected chi connectivity index (χ4v) is 1.55. The second-order valence-corrected chi connectivity index (χ2v) is 3.51. The van der Waals surface area contributed by atoms with Gasteiger partial charge in [0.1, 0.15) is 5.75 Å². The minimum absolute atomic E-state index is 0.353. The number of ether oxygens (including phenoxy) is 2. The van der Waals surface area contributed by atoms with Crippen molar-refractivity contribution in [3.05, 3.63) is 23.8 Å². The third-order valence-corrected chi connectivity index (χ3v) is 2.35. The van der Waals surface area contributed by atoms with E-state index in [0.29, 0.717) is 12.3 Å². The average Bonchev–Trinajstić information content (AvgIpc) is 2.27. The number of benzene rings is 1. The zero-order valence-electron chi connectivity index (χ0n) is 8.74. The van der Waals surface area contributed by atoms with E-state index < -0.39 is 6.10 Å². The van der Waals surface area contributed by atoms with Crippen LogP contribution < -0.4 is 10.1 Å². The molecule has 4 heteroatoms. The number of nitrogens with one attached hydrogen (secondary N) is 1. The van der Waals surface area contributed by atoms with E-state index in [-0.39, 0.29) is 5.97 Å². The zero-order chi connectivity index (χ0) is 10.8. The quantitative estimate of drug-likeness (QED) is 0.706. The molecule has 0 bridgehead atoms. The highest BCUT2D eigenvalue weighted by molar-refractivity contribution is 5.77. The van der Waals surface area contributed by atoms with Crippen molar-refractivity contribution in [2.45, 2.75) is 13.0 Å². The van der Waals surface area contributed by atoms with Crippen LogP contribution in [-0.2, 0) is 9.53 Å². The molecule has 1 aliphatic heterocycles. The average molecular weight is 207 g/mol. The standard InChI is InChI=1S/C11H13NO3/c1-7-3-4-9-8(5-7)12-6-10(15-9)11(13)14-2/h3-5,10,12H,6H2,1-2H3. The predicted molar refractivity (Wildman–Crippen MR) is 56.1 cm³/mol. The molecule has 1 heterocycles. The summed E-state index contributed by atoms with van der Waals surface area (Å²) in [5.41, 5.74) is 2.08. The van der Waals surface area contributed by atoms with Gasteiger partial charge in [-0.15, -0.1) is 0 Å². The van der Waals surface area contributed by atoms with Crippen LogP contribution in [0.1, 0.15) is 5.56 Å². The first-order chi connectivity index (χ1) is 7.20. The van der Waals surface area contributed by atoms with Gasteiger partial charge in [0.05, 0.1) is 19.3 Å². The van der Waals surface area contributed by atoms with Gasteiger partial charge < -0.3 is 14.8 Å². The lowest BCUT2D eigenvalue weighted by atomic mass is 10.1. The van der Waals surface area contributed by atoms with Gasteiger partial charge >= 0.3 is 5.97 Å². The molecule has 0 amide bonds. The predicted octanol–water partition coefficient (Wildman–Crippen LogP) is 1.34. The van der Waals surface area contributed by atoms with Gasteiger partial charge in [0, 0.05) is 0 Å². The molecule has 0 fully saturated rings. The molecule has 0 aromatic heterocycles. The molecule has 0 saturated carbocycles. The normalized spacial score (nSPS) is 18.4. The Balaban J connectivity index is 2.20. The van der Waals surface area contributed by atoms with Gasteiger partial charge in [-0.2, -0.15) is 0 Å². The highest BCUT2D eigenvalue weighted by Gasteiger charge is 2.26. The number of rotatable bonds is 1. The highest BCUT2D eigenvalue weighted by Crippen LogP contribution is 2.29. The van der Waals surface area contributed by atoms with E-state index in [4.69, 9.17) is 4.74 Å². The highest BCUT2D eigenvalue weighted by atomic mass is 16.6. The fourth-order valence-electron chi connectivity index (χ4n) is 1.55. The van der Waals surface area contributed by atoms with Gasteiger partial charge in [-0.25, -0.2) is 4.79 Å². The van der Waals surface area contributed by atoms with Crippen LogP contribution in [0, 0.1) is 6.92 Å². The maximum atomic E-state index is 11.3. The molecule has 1 aromatic rings. The molecule has 1 aromatic carbocycles. The van der Waals surface area contributed by atoms with Crippen molar-refractivity contribution >= 4 is 11.7 Å². The van der Waals surface area contributed by atoms with Crippen molar-refractivity contribution in [3.63, 3.8) is 0 Å². The van der Waals surface area contributed by atoms with Crippen LogP contribution in [0.15, 0.2) is 18.2 Å². The molecule has 80 valence electrons. The minimum Gasteiger partial charge on any atom is -0.475 e. The van der Waals surface area contributed by atoms with Crippen molar-refractivity contribution in [1.29, 1.82) is 0 Å². The number of anilines is 1. The number of methoxy groups -OCH3 is 1. The Morgan fingerprint density at radius 2 is 2.40 bits per heavy atom. The van der Waals surface area contributed by atoms with Gasteiger partial charge in [0.15, 0.2) is 0 Å². The lowest BCUT2D eigenvalue weighted by molar-refractivity contribution is -0.148. The molecular formula is C11H13NO3. The maximum absolute atomic E-state index is 11.3. The fraction of sp³-hybridized carbons (Fsp3) is 0.364. The Bertz CT molecular complexity index is 389. The largest absolute Gasteiger partial charge is 0.475 e. The minimum atomic E-state index is -0.551. The first kappa shape index (κ1) is 9.83. The Hall–Kier alpha value is -1.71. The number of carbonyl (C=O) groups excluding carboxylic acids is 1. The van der Waals surface area contributed by atoms with Crippen LogP contribution in [0.25, 0.3) is 0 Å². The molecule has 2 rings (SSSR count). The molecule has 4 nitrogen and oxygen atoms in total. The van der Waals surface area contributed by atoms with Crippen LogP contribution >= 0.6 is 0 Å². The van der Waals surface area contributed by atoms with E-state index in [1.807, 2.05) is 25.1 Å². The van der Waals surface area contributed by atoms with Crippen LogP contribution in [-0.4, -0.2) is 25.7 Å². The van der Waals surface area contributed by atoms with Crippen molar-refractivity contribution in [2.24, 2.45) is 0 Å². The first-order valence-electron chi connectivity index (χ1n) is 4.79. The molecule has 0 radical (unpaired) electrons. The van der Waals surface area contributed by atoms with E-state index in [1.165, 1.54) is 7.11 Å². The van der Waals surface area contributed by atoms with E-state index in [1.54, 1.807) is 0 Å². The summed E-state index contributed by atoms with van der Waals surface area (Å²) in [4.78, 5) is 11.3. The monoisotopic (exact) mass is 207 g/mol. The smallest absolute Gasteiger partial charge is 0.348 e. The molecule has 1 unspecified atom stereocenters. The van der Waals surface area contributed by atoms with Crippen LogP contribution in [0.2, 0.25) is 0 Å².